The molecule has 3 atom stereocenters. The van der Waals surface area contributed by atoms with Gasteiger partial charge >= 0.3 is 0 Å². The molecule has 0 spiro atoms. The van der Waals surface area contributed by atoms with Gasteiger partial charge in [0.15, 0.2) is 0 Å². The van der Waals surface area contributed by atoms with Crippen molar-refractivity contribution in [3.8, 4) is 5.75 Å². The molecule has 0 aliphatic heterocycles. The van der Waals surface area contributed by atoms with Crippen molar-refractivity contribution in [3.63, 3.8) is 0 Å². The molecule has 2 heterocycles. The lowest BCUT2D eigenvalue weighted by atomic mass is 9.79. The SMILES string of the molecule is COC1=C(Cn2cnc3sc4c(c3c2=O)CCC(NCc2cccc(OC)c2)C4)C2C=CC=CC2C=C1. The van der Waals surface area contributed by atoms with E-state index in [1.807, 2.05) is 18.2 Å². The van der Waals surface area contributed by atoms with Crippen molar-refractivity contribution in [3.05, 3.63) is 105 Å². The number of fused-ring (bicyclic) bond motifs is 4. The third-order valence-electron chi connectivity index (χ3n) is 7.69. The third kappa shape index (κ3) is 4.58. The number of methoxy groups -OCH3 is 2. The van der Waals surface area contributed by atoms with Crippen LogP contribution in [0.3, 0.4) is 0 Å². The van der Waals surface area contributed by atoms with Crippen molar-refractivity contribution < 1.29 is 9.47 Å². The minimum atomic E-state index is 0.0506. The Morgan fingerprint density at radius 1 is 1.16 bits per heavy atom. The number of rotatable bonds is 7. The molecule has 6 nitrogen and oxygen atoms in total. The second-order valence-electron chi connectivity index (χ2n) is 9.86. The average molecular weight is 514 g/mol. The summed E-state index contributed by atoms with van der Waals surface area (Å²) < 4.78 is 12.8. The number of hydrogen-bond donors (Lipinski definition) is 1. The van der Waals surface area contributed by atoms with E-state index in [9.17, 15) is 4.79 Å². The van der Waals surface area contributed by atoms with Crippen LogP contribution in [0.25, 0.3) is 10.2 Å². The minimum Gasteiger partial charge on any atom is -0.497 e. The van der Waals surface area contributed by atoms with Gasteiger partial charge in [-0.25, -0.2) is 4.98 Å². The van der Waals surface area contributed by atoms with Crippen LogP contribution in [-0.4, -0.2) is 29.8 Å². The van der Waals surface area contributed by atoms with Gasteiger partial charge in [0.2, 0.25) is 0 Å². The normalized spacial score (nSPS) is 22.3. The highest BCUT2D eigenvalue weighted by Gasteiger charge is 2.29. The zero-order chi connectivity index (χ0) is 25.4. The molecular weight excluding hydrogens is 482 g/mol. The molecule has 0 amide bonds. The molecule has 0 saturated carbocycles. The first-order chi connectivity index (χ1) is 18.1. The summed E-state index contributed by atoms with van der Waals surface area (Å²) in [7, 11) is 3.39. The van der Waals surface area contributed by atoms with Crippen LogP contribution in [-0.2, 0) is 30.7 Å². The highest BCUT2D eigenvalue weighted by molar-refractivity contribution is 7.18. The first-order valence-electron chi connectivity index (χ1n) is 12.8. The van der Waals surface area contributed by atoms with Gasteiger partial charge < -0.3 is 14.8 Å². The number of nitrogens with one attached hydrogen (secondary N) is 1. The number of benzene rings is 1. The van der Waals surface area contributed by atoms with Gasteiger partial charge in [-0.1, -0.05) is 42.5 Å². The van der Waals surface area contributed by atoms with Gasteiger partial charge in [-0.3, -0.25) is 9.36 Å². The van der Waals surface area contributed by atoms with Crippen LogP contribution in [0.5, 0.6) is 5.75 Å². The van der Waals surface area contributed by atoms with E-state index in [4.69, 9.17) is 14.5 Å². The van der Waals surface area contributed by atoms with Crippen LogP contribution < -0.4 is 15.6 Å². The average Bonchev–Trinajstić information content (AvgIpc) is 3.32. The second kappa shape index (κ2) is 10.1. The Labute approximate surface area is 220 Å². The van der Waals surface area contributed by atoms with E-state index < -0.39 is 0 Å². The van der Waals surface area contributed by atoms with Gasteiger partial charge in [-0.2, -0.15) is 0 Å². The summed E-state index contributed by atoms with van der Waals surface area (Å²) in [6.07, 6.45) is 17.3. The molecule has 6 rings (SSSR count). The van der Waals surface area contributed by atoms with E-state index in [-0.39, 0.29) is 11.5 Å². The maximum atomic E-state index is 13.7. The van der Waals surface area contributed by atoms with Gasteiger partial charge in [0, 0.05) is 29.3 Å². The summed E-state index contributed by atoms with van der Waals surface area (Å²) in [5.41, 5.74) is 3.56. The number of hydrogen-bond acceptors (Lipinski definition) is 6. The van der Waals surface area contributed by atoms with Crippen LogP contribution in [0, 0.1) is 11.8 Å². The molecule has 37 heavy (non-hydrogen) atoms. The fraction of sp³-hybridized carbons (Fsp3) is 0.333. The Morgan fingerprint density at radius 2 is 2.05 bits per heavy atom. The van der Waals surface area contributed by atoms with Crippen LogP contribution in [0.15, 0.2) is 83.2 Å². The molecular formula is C30H31N3O3S. The lowest BCUT2D eigenvalue weighted by Gasteiger charge is -2.29. The number of thiophene rings is 1. The zero-order valence-electron chi connectivity index (χ0n) is 21.1. The van der Waals surface area contributed by atoms with Gasteiger partial charge in [0.05, 0.1) is 32.5 Å². The Kier molecular flexibility index (Phi) is 6.57. The molecule has 3 aliphatic carbocycles. The Morgan fingerprint density at radius 3 is 2.92 bits per heavy atom. The number of ether oxygens (including phenoxy) is 2. The van der Waals surface area contributed by atoms with E-state index >= 15 is 0 Å². The first kappa shape index (κ1) is 23.9. The zero-order valence-corrected chi connectivity index (χ0v) is 22.0. The molecule has 3 aliphatic rings. The van der Waals surface area contributed by atoms with Gasteiger partial charge in [-0.15, -0.1) is 11.3 Å². The molecule has 0 saturated heterocycles. The van der Waals surface area contributed by atoms with E-state index in [0.717, 1.165) is 53.1 Å². The van der Waals surface area contributed by atoms with Gasteiger partial charge in [-0.05, 0) is 54.2 Å². The van der Waals surface area contributed by atoms with Crippen molar-refractivity contribution in [2.75, 3.05) is 14.2 Å². The van der Waals surface area contributed by atoms with E-state index in [2.05, 4.69) is 47.8 Å². The molecule has 0 fully saturated rings. The van der Waals surface area contributed by atoms with Gasteiger partial charge in [0.25, 0.3) is 5.56 Å². The first-order valence-corrected chi connectivity index (χ1v) is 13.6. The Bertz CT molecular complexity index is 1510. The summed E-state index contributed by atoms with van der Waals surface area (Å²) in [5, 5.41) is 4.50. The van der Waals surface area contributed by atoms with E-state index in [0.29, 0.717) is 18.5 Å². The lowest BCUT2D eigenvalue weighted by Crippen LogP contribution is -2.34. The molecule has 7 heteroatoms. The predicted molar refractivity (Wildman–Crippen MR) is 148 cm³/mol. The summed E-state index contributed by atoms with van der Waals surface area (Å²) in [4.78, 5) is 20.6. The highest BCUT2D eigenvalue weighted by Crippen LogP contribution is 2.36. The number of aromatic nitrogens is 2. The molecule has 1 aromatic carbocycles. The summed E-state index contributed by atoms with van der Waals surface area (Å²) >= 11 is 1.67. The number of nitrogens with zero attached hydrogens (tertiary/aromatic N) is 2. The quantitative estimate of drug-likeness (QED) is 0.485. The van der Waals surface area contributed by atoms with Crippen molar-refractivity contribution in [2.24, 2.45) is 11.8 Å². The Balaban J connectivity index is 1.24. The van der Waals surface area contributed by atoms with Crippen LogP contribution >= 0.6 is 11.3 Å². The van der Waals surface area contributed by atoms with Crippen molar-refractivity contribution in [2.45, 2.75) is 38.4 Å². The van der Waals surface area contributed by atoms with Crippen LogP contribution in [0.1, 0.15) is 22.4 Å². The lowest BCUT2D eigenvalue weighted by molar-refractivity contribution is 0.289. The molecule has 3 aromatic rings. The molecule has 0 radical (unpaired) electrons. The fourth-order valence-electron chi connectivity index (χ4n) is 5.73. The van der Waals surface area contributed by atoms with E-state index in [1.165, 1.54) is 16.0 Å². The Hall–Kier alpha value is -3.42. The summed E-state index contributed by atoms with van der Waals surface area (Å²) in [6.45, 7) is 1.27. The largest absolute Gasteiger partial charge is 0.497 e. The van der Waals surface area contributed by atoms with Crippen molar-refractivity contribution in [1.29, 1.82) is 0 Å². The fourth-order valence-corrected chi connectivity index (χ4v) is 6.98. The second-order valence-corrected chi connectivity index (χ2v) is 10.9. The summed E-state index contributed by atoms with van der Waals surface area (Å²) in [6, 6.07) is 8.55. The van der Waals surface area contributed by atoms with Crippen molar-refractivity contribution >= 4 is 21.6 Å². The molecule has 190 valence electrons. The van der Waals surface area contributed by atoms with Crippen LogP contribution in [0.4, 0.5) is 0 Å². The number of allylic oxidation sites excluding steroid dienone is 7. The molecule has 2 aromatic heterocycles. The monoisotopic (exact) mass is 513 g/mol. The maximum absolute atomic E-state index is 13.7. The third-order valence-corrected chi connectivity index (χ3v) is 8.85. The summed E-state index contributed by atoms with van der Waals surface area (Å²) in [5.74, 6) is 2.20. The maximum Gasteiger partial charge on any atom is 0.262 e. The predicted octanol–water partition coefficient (Wildman–Crippen LogP) is 4.94. The molecule has 1 N–H and O–H groups in total. The topological polar surface area (TPSA) is 65.4 Å². The van der Waals surface area contributed by atoms with Gasteiger partial charge in [0.1, 0.15) is 16.3 Å². The van der Waals surface area contributed by atoms with Crippen molar-refractivity contribution in [1.82, 2.24) is 14.9 Å². The number of aryl methyl sites for hydroxylation is 1. The smallest absolute Gasteiger partial charge is 0.262 e. The molecule has 3 unspecified atom stereocenters. The van der Waals surface area contributed by atoms with Crippen LogP contribution in [0.2, 0.25) is 0 Å². The van der Waals surface area contributed by atoms with E-state index in [1.54, 1.807) is 36.5 Å². The highest BCUT2D eigenvalue weighted by atomic mass is 32.1. The minimum absolute atomic E-state index is 0.0506. The molecule has 0 bridgehead atoms. The standard InChI is InChI=1S/C30H31N3O3S/c1-35-22-8-5-6-19(14-22)16-31-21-11-12-24-27(15-21)37-29-28(24)30(34)33(18-32-29)17-25-23-9-4-3-7-20(23)10-13-26(25)36-2/h3-10,13-14,18,20-21,23,31H,11-12,15-17H2,1-2H3.